The summed E-state index contributed by atoms with van der Waals surface area (Å²) in [6.07, 6.45) is 2.51. The highest BCUT2D eigenvalue weighted by Gasteiger charge is 2.13. The average molecular weight is 251 g/mol. The summed E-state index contributed by atoms with van der Waals surface area (Å²) < 4.78 is 5.54. The molecule has 1 aliphatic heterocycles. The quantitative estimate of drug-likeness (QED) is 0.489. The smallest absolute Gasteiger partial charge is 0.292 e. The Morgan fingerprint density at radius 2 is 2.11 bits per heavy atom. The number of nitro groups is 1. The molecule has 0 aromatic heterocycles. The molecule has 0 atom stereocenters. The number of hydrogen-bond donors (Lipinski definition) is 1. The fourth-order valence-corrected chi connectivity index (χ4v) is 2.09. The summed E-state index contributed by atoms with van der Waals surface area (Å²) in [4.78, 5) is 12.4. The Morgan fingerprint density at radius 3 is 2.72 bits per heavy atom. The predicted octanol–water partition coefficient (Wildman–Crippen LogP) is 1.65. The predicted molar refractivity (Wildman–Crippen MR) is 68.7 cm³/mol. The first-order valence-electron chi connectivity index (χ1n) is 6.06. The van der Waals surface area contributed by atoms with Crippen LogP contribution < -0.4 is 10.5 Å². The third-order valence-electron chi connectivity index (χ3n) is 3.07. The highest BCUT2D eigenvalue weighted by atomic mass is 16.6. The Hall–Kier alpha value is -1.82. The van der Waals surface area contributed by atoms with Crippen molar-refractivity contribution >= 4 is 11.4 Å². The molecule has 0 radical (unpaired) electrons. The van der Waals surface area contributed by atoms with Crippen molar-refractivity contribution in [1.82, 2.24) is 4.90 Å². The molecule has 0 spiro atoms. The van der Waals surface area contributed by atoms with Crippen LogP contribution in [0.25, 0.3) is 0 Å². The van der Waals surface area contributed by atoms with E-state index in [-0.39, 0.29) is 11.4 Å². The van der Waals surface area contributed by atoms with Gasteiger partial charge in [-0.15, -0.1) is 0 Å². The van der Waals surface area contributed by atoms with E-state index in [0.717, 1.165) is 19.6 Å². The van der Waals surface area contributed by atoms with Crippen LogP contribution in [0.4, 0.5) is 11.4 Å². The zero-order valence-corrected chi connectivity index (χ0v) is 10.2. The molecule has 1 saturated heterocycles. The third-order valence-corrected chi connectivity index (χ3v) is 3.07. The summed E-state index contributed by atoms with van der Waals surface area (Å²) in [5.41, 5.74) is 5.64. The second-order valence-electron chi connectivity index (χ2n) is 4.37. The number of benzene rings is 1. The summed E-state index contributed by atoms with van der Waals surface area (Å²) in [6, 6.07) is 4.46. The van der Waals surface area contributed by atoms with E-state index < -0.39 is 4.92 Å². The molecule has 1 fully saturated rings. The molecule has 0 unspecified atom stereocenters. The zero-order chi connectivity index (χ0) is 13.0. The van der Waals surface area contributed by atoms with Crippen molar-refractivity contribution in [1.29, 1.82) is 0 Å². The summed E-state index contributed by atoms with van der Waals surface area (Å²) in [5, 5.41) is 10.6. The van der Waals surface area contributed by atoms with Crippen molar-refractivity contribution in [3.05, 3.63) is 28.3 Å². The van der Waals surface area contributed by atoms with Gasteiger partial charge in [0.25, 0.3) is 5.69 Å². The molecule has 0 amide bonds. The maximum atomic E-state index is 10.6. The van der Waals surface area contributed by atoms with Gasteiger partial charge in [0.1, 0.15) is 18.0 Å². The van der Waals surface area contributed by atoms with E-state index in [1.165, 1.54) is 25.0 Å². The third kappa shape index (κ3) is 3.10. The van der Waals surface area contributed by atoms with Gasteiger partial charge in [0.05, 0.1) is 4.92 Å². The molecule has 6 heteroatoms. The molecule has 1 aromatic carbocycles. The maximum absolute atomic E-state index is 10.6. The highest BCUT2D eigenvalue weighted by Crippen LogP contribution is 2.25. The Kier molecular flexibility index (Phi) is 3.99. The largest absolute Gasteiger partial charge is 0.492 e. The fraction of sp³-hybridized carbons (Fsp3) is 0.500. The van der Waals surface area contributed by atoms with E-state index in [2.05, 4.69) is 4.90 Å². The van der Waals surface area contributed by atoms with Gasteiger partial charge in [0, 0.05) is 18.7 Å². The average Bonchev–Trinajstić information content (AvgIpc) is 2.81. The lowest BCUT2D eigenvalue weighted by molar-refractivity contribution is -0.383. The number of nitrogens with two attached hydrogens (primary N) is 1. The number of ether oxygens (including phenoxy) is 1. The number of anilines is 1. The molecule has 18 heavy (non-hydrogen) atoms. The highest BCUT2D eigenvalue weighted by molar-refractivity contribution is 5.60. The molecule has 2 rings (SSSR count). The van der Waals surface area contributed by atoms with Gasteiger partial charge in [0.2, 0.25) is 0 Å². The standard InChI is InChI=1S/C12H17N3O3/c13-11-9-10(3-4-12(11)15(16)17)18-8-7-14-5-1-2-6-14/h3-4,9H,1-2,5-8,13H2. The van der Waals surface area contributed by atoms with Crippen molar-refractivity contribution in [2.24, 2.45) is 0 Å². The van der Waals surface area contributed by atoms with Gasteiger partial charge in [-0.1, -0.05) is 0 Å². The fourth-order valence-electron chi connectivity index (χ4n) is 2.09. The van der Waals surface area contributed by atoms with E-state index in [1.807, 2.05) is 0 Å². The molecular weight excluding hydrogens is 234 g/mol. The van der Waals surface area contributed by atoms with Gasteiger partial charge in [-0.3, -0.25) is 15.0 Å². The summed E-state index contributed by atoms with van der Waals surface area (Å²) in [6.45, 7) is 3.73. The van der Waals surface area contributed by atoms with Crippen LogP contribution >= 0.6 is 0 Å². The van der Waals surface area contributed by atoms with Crippen LogP contribution in [0.1, 0.15) is 12.8 Å². The molecule has 1 heterocycles. The number of nitrogens with zero attached hydrogens (tertiary/aromatic N) is 2. The lowest BCUT2D eigenvalue weighted by Crippen LogP contribution is -2.25. The van der Waals surface area contributed by atoms with Gasteiger partial charge in [-0.25, -0.2) is 0 Å². The molecule has 6 nitrogen and oxygen atoms in total. The van der Waals surface area contributed by atoms with Gasteiger partial charge in [0.15, 0.2) is 0 Å². The van der Waals surface area contributed by atoms with E-state index >= 15 is 0 Å². The van der Waals surface area contributed by atoms with Crippen molar-refractivity contribution in [3.63, 3.8) is 0 Å². The van der Waals surface area contributed by atoms with Crippen LogP contribution in [0, 0.1) is 10.1 Å². The zero-order valence-electron chi connectivity index (χ0n) is 10.2. The van der Waals surface area contributed by atoms with Crippen LogP contribution in [0.3, 0.4) is 0 Å². The molecule has 0 bridgehead atoms. The molecule has 98 valence electrons. The minimum atomic E-state index is -0.497. The summed E-state index contributed by atoms with van der Waals surface area (Å²) in [7, 11) is 0. The van der Waals surface area contributed by atoms with Crippen LogP contribution in [0.15, 0.2) is 18.2 Å². The van der Waals surface area contributed by atoms with Crippen LogP contribution in [0.5, 0.6) is 5.75 Å². The lowest BCUT2D eigenvalue weighted by atomic mass is 10.2. The molecule has 2 N–H and O–H groups in total. The molecule has 0 aliphatic carbocycles. The SMILES string of the molecule is Nc1cc(OCCN2CCCC2)ccc1[N+](=O)[O-]. The first kappa shape index (κ1) is 12.6. The van der Waals surface area contributed by atoms with Gasteiger partial charge in [-0.05, 0) is 32.0 Å². The first-order valence-corrected chi connectivity index (χ1v) is 6.06. The van der Waals surface area contributed by atoms with Crippen LogP contribution in [0.2, 0.25) is 0 Å². The second kappa shape index (κ2) is 5.68. The van der Waals surface area contributed by atoms with Crippen molar-refractivity contribution in [3.8, 4) is 5.75 Å². The molecule has 0 saturated carbocycles. The van der Waals surface area contributed by atoms with Gasteiger partial charge in [-0.2, -0.15) is 0 Å². The van der Waals surface area contributed by atoms with Crippen LogP contribution in [-0.4, -0.2) is 36.1 Å². The Labute approximate surface area is 105 Å². The Balaban J connectivity index is 1.85. The second-order valence-corrected chi connectivity index (χ2v) is 4.37. The number of nitrogen functional groups attached to an aromatic ring is 1. The number of nitro benzene ring substituents is 1. The number of hydrogen-bond acceptors (Lipinski definition) is 5. The van der Waals surface area contributed by atoms with E-state index in [9.17, 15) is 10.1 Å². The summed E-state index contributed by atoms with van der Waals surface area (Å²) >= 11 is 0. The van der Waals surface area contributed by atoms with E-state index in [4.69, 9.17) is 10.5 Å². The topological polar surface area (TPSA) is 81.6 Å². The van der Waals surface area contributed by atoms with Crippen molar-refractivity contribution in [2.75, 3.05) is 32.0 Å². The molecule has 1 aliphatic rings. The first-order chi connectivity index (χ1) is 8.66. The lowest BCUT2D eigenvalue weighted by Gasteiger charge is -2.14. The Bertz CT molecular complexity index is 431. The van der Waals surface area contributed by atoms with E-state index in [1.54, 1.807) is 6.07 Å². The number of likely N-dealkylation sites (tertiary alicyclic amines) is 1. The van der Waals surface area contributed by atoms with Gasteiger partial charge >= 0.3 is 0 Å². The molecule has 1 aromatic rings. The van der Waals surface area contributed by atoms with Crippen molar-refractivity contribution in [2.45, 2.75) is 12.8 Å². The minimum absolute atomic E-state index is 0.0816. The van der Waals surface area contributed by atoms with Gasteiger partial charge < -0.3 is 10.5 Å². The monoisotopic (exact) mass is 251 g/mol. The number of rotatable bonds is 5. The van der Waals surface area contributed by atoms with Crippen LogP contribution in [-0.2, 0) is 0 Å². The molecular formula is C12H17N3O3. The Morgan fingerprint density at radius 1 is 1.39 bits per heavy atom. The normalized spacial score (nSPS) is 15.8. The van der Waals surface area contributed by atoms with E-state index in [0.29, 0.717) is 12.4 Å². The van der Waals surface area contributed by atoms with Crippen molar-refractivity contribution < 1.29 is 9.66 Å². The summed E-state index contributed by atoms with van der Waals surface area (Å²) in [5.74, 6) is 0.581. The maximum Gasteiger partial charge on any atom is 0.292 e. The minimum Gasteiger partial charge on any atom is -0.492 e.